The van der Waals surface area contributed by atoms with E-state index in [1.54, 1.807) is 12.3 Å². The normalized spacial score (nSPS) is 18.2. The van der Waals surface area contributed by atoms with Gasteiger partial charge in [0.1, 0.15) is 5.69 Å². The number of aromatic amines is 1. The molecule has 5 heteroatoms. The van der Waals surface area contributed by atoms with Crippen LogP contribution in [0.2, 0.25) is 0 Å². The molecule has 1 aromatic rings. The molecule has 1 fully saturated rings. The van der Waals surface area contributed by atoms with Gasteiger partial charge in [0.2, 0.25) is 0 Å². The zero-order chi connectivity index (χ0) is 12.1. The summed E-state index contributed by atoms with van der Waals surface area (Å²) in [4.78, 5) is 14.0. The minimum Gasteiger partial charge on any atom is -0.349 e. The lowest BCUT2D eigenvalue weighted by molar-refractivity contribution is 0.0939. The maximum absolute atomic E-state index is 11.6. The first kappa shape index (κ1) is 12.1. The van der Waals surface area contributed by atoms with Crippen molar-refractivity contribution in [1.29, 1.82) is 0 Å². The Morgan fingerprint density at radius 3 is 3.00 bits per heavy atom. The van der Waals surface area contributed by atoms with Crippen molar-refractivity contribution >= 4 is 5.91 Å². The topological polar surface area (TPSA) is 61.0 Å². The molecule has 0 aromatic carbocycles. The molecule has 94 valence electrons. The molecular formula is C12H20N4O. The minimum atomic E-state index is -0.0760. The molecule has 0 spiro atoms. The van der Waals surface area contributed by atoms with Crippen molar-refractivity contribution in [1.82, 2.24) is 20.4 Å². The third kappa shape index (κ3) is 3.56. The maximum atomic E-state index is 11.6. The van der Waals surface area contributed by atoms with Gasteiger partial charge in [-0.3, -0.25) is 9.89 Å². The number of rotatable bonds is 4. The summed E-state index contributed by atoms with van der Waals surface area (Å²) in [5.41, 5.74) is 0.525. The smallest absolute Gasteiger partial charge is 0.269 e. The molecule has 1 aliphatic rings. The lowest BCUT2D eigenvalue weighted by atomic mass is 9.99. The molecule has 1 aromatic heterocycles. The van der Waals surface area contributed by atoms with Crippen molar-refractivity contribution in [3.05, 3.63) is 18.0 Å². The molecule has 0 saturated carbocycles. The molecule has 2 N–H and O–H groups in total. The summed E-state index contributed by atoms with van der Waals surface area (Å²) in [6.07, 6.45) is 4.13. The first-order valence-electron chi connectivity index (χ1n) is 6.25. The van der Waals surface area contributed by atoms with Crippen molar-refractivity contribution in [2.24, 2.45) is 5.92 Å². The summed E-state index contributed by atoms with van der Waals surface area (Å²) < 4.78 is 0. The lowest BCUT2D eigenvalue weighted by Crippen LogP contribution is -2.39. The van der Waals surface area contributed by atoms with Crippen LogP contribution in [0.15, 0.2) is 12.3 Å². The first-order valence-corrected chi connectivity index (χ1v) is 6.25. The van der Waals surface area contributed by atoms with E-state index < -0.39 is 0 Å². The minimum absolute atomic E-state index is 0.0760. The number of piperidine rings is 1. The highest BCUT2D eigenvalue weighted by atomic mass is 16.1. The molecular weight excluding hydrogens is 216 g/mol. The van der Waals surface area contributed by atoms with Crippen LogP contribution in [-0.4, -0.2) is 47.2 Å². The standard InChI is InChI=1S/C12H20N4O/c1-10-3-7-16(8-4-10)9-6-13-12(17)11-2-5-14-15-11/h2,5,10H,3-4,6-9H2,1H3,(H,13,17)(H,14,15). The summed E-state index contributed by atoms with van der Waals surface area (Å²) in [7, 11) is 0. The van der Waals surface area contributed by atoms with Crippen LogP contribution in [0.5, 0.6) is 0 Å². The van der Waals surface area contributed by atoms with Gasteiger partial charge in [-0.25, -0.2) is 0 Å². The molecule has 1 aliphatic heterocycles. The Morgan fingerprint density at radius 1 is 1.59 bits per heavy atom. The second-order valence-electron chi connectivity index (χ2n) is 4.75. The monoisotopic (exact) mass is 236 g/mol. The van der Waals surface area contributed by atoms with Crippen molar-refractivity contribution in [2.75, 3.05) is 26.2 Å². The molecule has 1 saturated heterocycles. The summed E-state index contributed by atoms with van der Waals surface area (Å²) in [6.45, 7) is 6.25. The number of hydrogen-bond acceptors (Lipinski definition) is 3. The van der Waals surface area contributed by atoms with Crippen molar-refractivity contribution in [3.8, 4) is 0 Å². The van der Waals surface area contributed by atoms with Gasteiger partial charge in [-0.05, 0) is 37.9 Å². The zero-order valence-electron chi connectivity index (χ0n) is 10.3. The number of hydrogen-bond donors (Lipinski definition) is 2. The molecule has 0 bridgehead atoms. The highest BCUT2D eigenvalue weighted by Gasteiger charge is 2.15. The summed E-state index contributed by atoms with van der Waals surface area (Å²) in [5.74, 6) is 0.777. The van der Waals surface area contributed by atoms with Gasteiger partial charge in [0.15, 0.2) is 0 Å². The van der Waals surface area contributed by atoms with Gasteiger partial charge in [-0.15, -0.1) is 0 Å². The molecule has 0 radical (unpaired) electrons. The van der Waals surface area contributed by atoms with Crippen LogP contribution in [-0.2, 0) is 0 Å². The van der Waals surface area contributed by atoms with E-state index in [4.69, 9.17) is 0 Å². The van der Waals surface area contributed by atoms with Gasteiger partial charge in [0.25, 0.3) is 5.91 Å². The third-order valence-electron chi connectivity index (χ3n) is 3.34. The first-order chi connectivity index (χ1) is 8.25. The van der Waals surface area contributed by atoms with Crippen LogP contribution < -0.4 is 5.32 Å². The Labute approximate surface area is 102 Å². The second kappa shape index (κ2) is 5.82. The largest absolute Gasteiger partial charge is 0.349 e. The molecule has 0 aliphatic carbocycles. The van der Waals surface area contributed by atoms with Crippen LogP contribution in [0, 0.1) is 5.92 Å². The van der Waals surface area contributed by atoms with Crippen LogP contribution in [0.4, 0.5) is 0 Å². The van der Waals surface area contributed by atoms with Crippen LogP contribution in [0.25, 0.3) is 0 Å². The molecule has 17 heavy (non-hydrogen) atoms. The fourth-order valence-corrected chi connectivity index (χ4v) is 2.09. The molecule has 5 nitrogen and oxygen atoms in total. The number of amides is 1. The Hall–Kier alpha value is -1.36. The zero-order valence-corrected chi connectivity index (χ0v) is 10.3. The Morgan fingerprint density at radius 2 is 2.35 bits per heavy atom. The quantitative estimate of drug-likeness (QED) is 0.815. The average molecular weight is 236 g/mol. The Bertz CT molecular complexity index is 341. The van der Waals surface area contributed by atoms with E-state index in [0.717, 1.165) is 25.6 Å². The number of aromatic nitrogens is 2. The van der Waals surface area contributed by atoms with Gasteiger partial charge in [0.05, 0.1) is 0 Å². The number of carbonyl (C=O) groups excluding carboxylic acids is 1. The molecule has 2 rings (SSSR count). The van der Waals surface area contributed by atoms with Crippen molar-refractivity contribution in [2.45, 2.75) is 19.8 Å². The molecule has 0 unspecified atom stereocenters. The van der Waals surface area contributed by atoms with E-state index in [9.17, 15) is 4.79 Å². The van der Waals surface area contributed by atoms with Crippen molar-refractivity contribution < 1.29 is 4.79 Å². The summed E-state index contributed by atoms with van der Waals surface area (Å²) in [6, 6.07) is 1.68. The van der Waals surface area contributed by atoms with Crippen molar-refractivity contribution in [3.63, 3.8) is 0 Å². The van der Waals surface area contributed by atoms with E-state index in [0.29, 0.717) is 12.2 Å². The predicted octanol–water partition coefficient (Wildman–Crippen LogP) is 0.871. The lowest BCUT2D eigenvalue weighted by Gasteiger charge is -2.30. The second-order valence-corrected chi connectivity index (χ2v) is 4.75. The predicted molar refractivity (Wildman–Crippen MR) is 65.8 cm³/mol. The number of H-pyrrole nitrogens is 1. The van der Waals surface area contributed by atoms with E-state index in [2.05, 4.69) is 27.3 Å². The fourth-order valence-electron chi connectivity index (χ4n) is 2.09. The van der Waals surface area contributed by atoms with E-state index in [-0.39, 0.29) is 5.91 Å². The molecule has 2 heterocycles. The van der Waals surface area contributed by atoms with Crippen LogP contribution >= 0.6 is 0 Å². The van der Waals surface area contributed by atoms with Gasteiger partial charge in [0, 0.05) is 19.3 Å². The van der Waals surface area contributed by atoms with Crippen LogP contribution in [0.1, 0.15) is 30.3 Å². The van der Waals surface area contributed by atoms with Gasteiger partial charge < -0.3 is 10.2 Å². The Balaban J connectivity index is 1.64. The van der Waals surface area contributed by atoms with Gasteiger partial charge >= 0.3 is 0 Å². The number of nitrogens with zero attached hydrogens (tertiary/aromatic N) is 2. The third-order valence-corrected chi connectivity index (χ3v) is 3.34. The number of nitrogens with one attached hydrogen (secondary N) is 2. The summed E-state index contributed by atoms with van der Waals surface area (Å²) in [5, 5.41) is 9.30. The Kier molecular flexibility index (Phi) is 4.14. The average Bonchev–Trinajstić information content (AvgIpc) is 2.85. The maximum Gasteiger partial charge on any atom is 0.269 e. The highest BCUT2D eigenvalue weighted by molar-refractivity contribution is 5.92. The SMILES string of the molecule is CC1CCN(CCNC(=O)c2ccn[nH]2)CC1. The van der Waals surface area contributed by atoms with Gasteiger partial charge in [-0.2, -0.15) is 5.10 Å². The number of likely N-dealkylation sites (tertiary alicyclic amines) is 1. The molecule has 1 amide bonds. The number of carbonyl (C=O) groups is 1. The van der Waals surface area contributed by atoms with Gasteiger partial charge in [-0.1, -0.05) is 6.92 Å². The van der Waals surface area contributed by atoms with E-state index in [1.807, 2.05) is 0 Å². The highest BCUT2D eigenvalue weighted by Crippen LogP contribution is 2.14. The fraction of sp³-hybridized carbons (Fsp3) is 0.667. The summed E-state index contributed by atoms with van der Waals surface area (Å²) >= 11 is 0. The van der Waals surface area contributed by atoms with Crippen LogP contribution in [0.3, 0.4) is 0 Å². The van der Waals surface area contributed by atoms with E-state index >= 15 is 0 Å². The molecule has 0 atom stereocenters. The van der Waals surface area contributed by atoms with E-state index in [1.165, 1.54) is 12.8 Å².